The molecule has 1 fully saturated rings. The van der Waals surface area contributed by atoms with Crippen molar-refractivity contribution >= 4 is 17.4 Å². The molecule has 0 aliphatic carbocycles. The first kappa shape index (κ1) is 20.3. The van der Waals surface area contributed by atoms with Crippen LogP contribution < -0.4 is 14.8 Å². The second kappa shape index (κ2) is 9.70. The molecule has 28 heavy (non-hydrogen) atoms. The molecule has 1 aliphatic heterocycles. The third-order valence-electron chi connectivity index (χ3n) is 4.51. The molecule has 2 heterocycles. The van der Waals surface area contributed by atoms with Gasteiger partial charge in [0.15, 0.2) is 11.5 Å². The van der Waals surface area contributed by atoms with Gasteiger partial charge in [0.1, 0.15) is 0 Å². The quantitative estimate of drug-likeness (QED) is 0.759. The highest BCUT2D eigenvalue weighted by Gasteiger charge is 2.21. The van der Waals surface area contributed by atoms with Crippen molar-refractivity contribution in [2.24, 2.45) is 0 Å². The highest BCUT2D eigenvalue weighted by atomic mass is 32.1. The first-order valence-corrected chi connectivity index (χ1v) is 9.82. The summed E-state index contributed by atoms with van der Waals surface area (Å²) in [6.07, 6.45) is 0. The van der Waals surface area contributed by atoms with E-state index in [-0.39, 0.29) is 24.1 Å². The van der Waals surface area contributed by atoms with Crippen molar-refractivity contribution in [3.63, 3.8) is 0 Å². The van der Waals surface area contributed by atoms with Gasteiger partial charge in [0, 0.05) is 44.1 Å². The summed E-state index contributed by atoms with van der Waals surface area (Å²) in [7, 11) is 1.38. The molecule has 0 spiro atoms. The number of hydrogen-bond acceptors (Lipinski definition) is 5. The number of urea groups is 1. The summed E-state index contributed by atoms with van der Waals surface area (Å²) in [5.41, 5.74) is 0.739. The Kier molecular flexibility index (Phi) is 7.05. The van der Waals surface area contributed by atoms with Crippen molar-refractivity contribution < 1.29 is 23.0 Å². The van der Waals surface area contributed by atoms with Crippen LogP contribution in [0, 0.1) is 0 Å². The first-order chi connectivity index (χ1) is 13.5. The molecular formula is C19H23F2N3O3S. The van der Waals surface area contributed by atoms with E-state index in [1.807, 2.05) is 6.07 Å². The van der Waals surface area contributed by atoms with Gasteiger partial charge >= 0.3 is 12.6 Å². The lowest BCUT2D eigenvalue weighted by molar-refractivity contribution is -0.0512. The fourth-order valence-corrected chi connectivity index (χ4v) is 3.78. The molecule has 1 aromatic carbocycles. The largest absolute Gasteiger partial charge is 0.493 e. The van der Waals surface area contributed by atoms with Crippen LogP contribution in [0.3, 0.4) is 0 Å². The number of ether oxygens (including phenoxy) is 2. The van der Waals surface area contributed by atoms with E-state index in [0.29, 0.717) is 13.1 Å². The molecule has 0 atom stereocenters. The highest BCUT2D eigenvalue weighted by molar-refractivity contribution is 7.09. The smallest absolute Gasteiger partial charge is 0.387 e. The second-order valence-corrected chi connectivity index (χ2v) is 7.40. The zero-order valence-corrected chi connectivity index (χ0v) is 16.4. The fourth-order valence-electron chi connectivity index (χ4n) is 3.04. The van der Waals surface area contributed by atoms with Gasteiger partial charge in [-0.15, -0.1) is 11.3 Å². The van der Waals surface area contributed by atoms with E-state index in [4.69, 9.17) is 4.74 Å². The van der Waals surface area contributed by atoms with Crippen molar-refractivity contribution in [1.82, 2.24) is 15.1 Å². The number of nitrogens with one attached hydrogen (secondary N) is 1. The van der Waals surface area contributed by atoms with Crippen molar-refractivity contribution in [1.29, 1.82) is 0 Å². The number of carbonyl (C=O) groups excluding carboxylic acids is 1. The van der Waals surface area contributed by atoms with Crippen LogP contribution in [0.1, 0.15) is 10.4 Å². The van der Waals surface area contributed by atoms with E-state index < -0.39 is 6.61 Å². The van der Waals surface area contributed by atoms with E-state index in [1.54, 1.807) is 28.4 Å². The topological polar surface area (TPSA) is 54.0 Å². The van der Waals surface area contributed by atoms with Crippen LogP contribution in [0.5, 0.6) is 11.5 Å². The standard InChI is InChI=1S/C19H23F2N3O3S/c1-26-17-11-14(4-5-16(17)27-18(20)21)12-22-19(25)24-8-6-23(7-9-24)13-15-3-2-10-28-15/h2-5,10-11,18H,6-9,12-13H2,1H3,(H,22,25). The summed E-state index contributed by atoms with van der Waals surface area (Å²) >= 11 is 1.74. The minimum atomic E-state index is -2.92. The Labute approximate surface area is 166 Å². The summed E-state index contributed by atoms with van der Waals surface area (Å²) in [5, 5.41) is 4.94. The van der Waals surface area contributed by atoms with E-state index in [2.05, 4.69) is 26.4 Å². The molecule has 2 amide bonds. The molecule has 1 saturated heterocycles. The van der Waals surface area contributed by atoms with Gasteiger partial charge in [-0.05, 0) is 29.1 Å². The van der Waals surface area contributed by atoms with Gasteiger partial charge in [0.25, 0.3) is 0 Å². The Balaban J connectivity index is 1.46. The molecule has 152 valence electrons. The van der Waals surface area contributed by atoms with Crippen LogP contribution in [0.15, 0.2) is 35.7 Å². The molecule has 0 unspecified atom stereocenters. The maximum Gasteiger partial charge on any atom is 0.387 e. The number of benzene rings is 1. The van der Waals surface area contributed by atoms with Crippen molar-refractivity contribution in [3.05, 3.63) is 46.2 Å². The van der Waals surface area contributed by atoms with Crippen molar-refractivity contribution in [3.8, 4) is 11.5 Å². The number of piperazine rings is 1. The van der Waals surface area contributed by atoms with E-state index in [1.165, 1.54) is 18.1 Å². The molecule has 6 nitrogen and oxygen atoms in total. The summed E-state index contributed by atoms with van der Waals surface area (Å²) in [6.45, 7) is 1.28. The minimum absolute atomic E-state index is 0.0329. The number of nitrogens with zero attached hydrogens (tertiary/aromatic N) is 2. The van der Waals surface area contributed by atoms with Crippen LogP contribution in [-0.4, -0.2) is 55.7 Å². The molecule has 0 saturated carbocycles. The number of rotatable bonds is 7. The molecule has 3 rings (SSSR count). The average Bonchev–Trinajstić information content (AvgIpc) is 3.20. The minimum Gasteiger partial charge on any atom is -0.493 e. The number of hydrogen-bond donors (Lipinski definition) is 1. The summed E-state index contributed by atoms with van der Waals surface area (Å²) in [6, 6.07) is 8.65. The van der Waals surface area contributed by atoms with Gasteiger partial charge in [-0.3, -0.25) is 4.90 Å². The van der Waals surface area contributed by atoms with Crippen molar-refractivity contribution in [2.75, 3.05) is 33.3 Å². The van der Waals surface area contributed by atoms with Gasteiger partial charge < -0.3 is 19.7 Å². The number of thiophene rings is 1. The van der Waals surface area contributed by atoms with Crippen LogP contribution in [0.25, 0.3) is 0 Å². The predicted molar refractivity (Wildman–Crippen MR) is 103 cm³/mol. The van der Waals surface area contributed by atoms with Gasteiger partial charge in [-0.1, -0.05) is 12.1 Å². The molecule has 9 heteroatoms. The molecule has 1 aromatic heterocycles. The van der Waals surface area contributed by atoms with E-state index in [9.17, 15) is 13.6 Å². The predicted octanol–water partition coefficient (Wildman–Crippen LogP) is 3.39. The van der Waals surface area contributed by atoms with Crippen LogP contribution in [0.2, 0.25) is 0 Å². The molecule has 2 aromatic rings. The Bertz CT molecular complexity index is 766. The third-order valence-corrected chi connectivity index (χ3v) is 5.37. The zero-order valence-electron chi connectivity index (χ0n) is 15.6. The number of carbonyl (C=O) groups is 1. The van der Waals surface area contributed by atoms with E-state index in [0.717, 1.165) is 25.2 Å². The number of methoxy groups -OCH3 is 1. The Hall–Kier alpha value is -2.39. The summed E-state index contributed by atoms with van der Waals surface area (Å²) in [4.78, 5) is 17.9. The Morgan fingerprint density at radius 2 is 2.00 bits per heavy atom. The average molecular weight is 411 g/mol. The van der Waals surface area contributed by atoms with Gasteiger partial charge in [-0.25, -0.2) is 4.79 Å². The van der Waals surface area contributed by atoms with E-state index >= 15 is 0 Å². The molecular weight excluding hydrogens is 388 g/mol. The lowest BCUT2D eigenvalue weighted by Crippen LogP contribution is -2.51. The Morgan fingerprint density at radius 1 is 1.21 bits per heavy atom. The summed E-state index contributed by atoms with van der Waals surface area (Å²) in [5.74, 6) is 0.170. The maximum absolute atomic E-state index is 12.4. The third kappa shape index (κ3) is 5.56. The SMILES string of the molecule is COc1cc(CNC(=O)N2CCN(Cc3cccs3)CC2)ccc1OC(F)F. The number of halogens is 2. The monoisotopic (exact) mass is 411 g/mol. The fraction of sp³-hybridized carbons (Fsp3) is 0.421. The second-order valence-electron chi connectivity index (χ2n) is 6.36. The number of amides is 2. The van der Waals surface area contributed by atoms with Gasteiger partial charge in [0.2, 0.25) is 0 Å². The van der Waals surface area contributed by atoms with Crippen LogP contribution >= 0.6 is 11.3 Å². The molecule has 1 aliphatic rings. The molecule has 0 bridgehead atoms. The lowest BCUT2D eigenvalue weighted by Gasteiger charge is -2.34. The lowest BCUT2D eigenvalue weighted by atomic mass is 10.2. The van der Waals surface area contributed by atoms with Crippen LogP contribution in [0.4, 0.5) is 13.6 Å². The van der Waals surface area contributed by atoms with Gasteiger partial charge in [0.05, 0.1) is 7.11 Å². The first-order valence-electron chi connectivity index (χ1n) is 8.94. The zero-order chi connectivity index (χ0) is 19.9. The number of alkyl halides is 2. The molecule has 0 radical (unpaired) electrons. The molecule has 1 N–H and O–H groups in total. The maximum atomic E-state index is 12.4. The highest BCUT2D eigenvalue weighted by Crippen LogP contribution is 2.29. The Morgan fingerprint density at radius 3 is 2.64 bits per heavy atom. The normalized spacial score (nSPS) is 14.9. The van der Waals surface area contributed by atoms with Crippen molar-refractivity contribution in [2.45, 2.75) is 19.7 Å². The van der Waals surface area contributed by atoms with Gasteiger partial charge in [-0.2, -0.15) is 8.78 Å². The summed E-state index contributed by atoms with van der Waals surface area (Å²) < 4.78 is 34.3. The van der Waals surface area contributed by atoms with Crippen LogP contribution in [-0.2, 0) is 13.1 Å².